The Labute approximate surface area is 114 Å². The van der Waals surface area contributed by atoms with E-state index >= 15 is 0 Å². The fraction of sp³-hybridized carbons (Fsp3) is 0.200. The molecule has 0 aromatic heterocycles. The summed E-state index contributed by atoms with van der Waals surface area (Å²) in [5.74, 6) is 0. The highest BCUT2D eigenvalue weighted by molar-refractivity contribution is 7.86. The van der Waals surface area contributed by atoms with Gasteiger partial charge in [-0.05, 0) is 31.0 Å². The summed E-state index contributed by atoms with van der Waals surface area (Å²) in [5, 5.41) is 0. The Morgan fingerprint density at radius 3 is 2.21 bits per heavy atom. The highest BCUT2D eigenvalue weighted by Gasteiger charge is 2.13. The van der Waals surface area contributed by atoms with Crippen LogP contribution in [0.4, 0.5) is 0 Å². The molecule has 2 aromatic carbocycles. The van der Waals surface area contributed by atoms with E-state index in [1.807, 2.05) is 31.2 Å². The largest absolute Gasteiger partial charge is 0.296 e. The van der Waals surface area contributed by atoms with Crippen LogP contribution in [-0.2, 0) is 20.7 Å². The fourth-order valence-corrected chi connectivity index (χ4v) is 2.61. The maximum Gasteiger partial charge on any atom is 0.296 e. The lowest BCUT2D eigenvalue weighted by atomic mass is 10.1. The van der Waals surface area contributed by atoms with Gasteiger partial charge in [-0.2, -0.15) is 8.42 Å². The first-order valence-corrected chi connectivity index (χ1v) is 7.49. The number of rotatable bonds is 5. The van der Waals surface area contributed by atoms with E-state index in [2.05, 4.69) is 0 Å². The van der Waals surface area contributed by atoms with E-state index in [4.69, 9.17) is 4.18 Å². The maximum absolute atomic E-state index is 11.9. The summed E-state index contributed by atoms with van der Waals surface area (Å²) in [4.78, 5) is 0.193. The van der Waals surface area contributed by atoms with Crippen molar-refractivity contribution < 1.29 is 12.6 Å². The van der Waals surface area contributed by atoms with Crippen LogP contribution in [0.3, 0.4) is 0 Å². The van der Waals surface area contributed by atoms with Gasteiger partial charge in [-0.1, -0.05) is 48.0 Å². The third-order valence-corrected chi connectivity index (χ3v) is 4.11. The smallest absolute Gasteiger partial charge is 0.266 e. The molecule has 0 N–H and O–H groups in total. The lowest BCUT2D eigenvalue weighted by molar-refractivity contribution is 0.322. The van der Waals surface area contributed by atoms with E-state index in [0.29, 0.717) is 6.42 Å². The Balaban J connectivity index is 1.94. The maximum atomic E-state index is 11.9. The molecule has 0 atom stereocenters. The van der Waals surface area contributed by atoms with Crippen molar-refractivity contribution in [2.45, 2.75) is 18.2 Å². The zero-order valence-corrected chi connectivity index (χ0v) is 11.6. The minimum atomic E-state index is -3.64. The lowest BCUT2D eigenvalue weighted by Gasteiger charge is -2.05. The molecule has 0 heterocycles. The van der Waals surface area contributed by atoms with E-state index in [0.717, 1.165) is 5.56 Å². The van der Waals surface area contributed by atoms with E-state index in [9.17, 15) is 8.42 Å². The van der Waals surface area contributed by atoms with E-state index in [1.54, 1.807) is 18.2 Å². The predicted octanol–water partition coefficient (Wildman–Crippen LogP) is 2.94. The molecule has 0 spiro atoms. The van der Waals surface area contributed by atoms with Gasteiger partial charge in [0.1, 0.15) is 0 Å². The fourth-order valence-electron chi connectivity index (χ4n) is 1.68. The second kappa shape index (κ2) is 5.99. The average molecular weight is 276 g/mol. The highest BCUT2D eigenvalue weighted by atomic mass is 32.2. The molecule has 2 rings (SSSR count). The predicted molar refractivity (Wildman–Crippen MR) is 74.5 cm³/mol. The number of hydrogen-bond donors (Lipinski definition) is 0. The molecule has 19 heavy (non-hydrogen) atoms. The standard InChI is InChI=1S/C15H16O3S/c1-13-7-9-14(10-8-13)11-12-18-19(16,17)15-5-3-2-4-6-15/h2-10H,11-12H2,1H3. The summed E-state index contributed by atoms with van der Waals surface area (Å²) in [6.07, 6.45) is 0.576. The van der Waals surface area contributed by atoms with Crippen LogP contribution in [-0.4, -0.2) is 15.0 Å². The topological polar surface area (TPSA) is 43.4 Å². The first-order valence-electron chi connectivity index (χ1n) is 6.08. The van der Waals surface area contributed by atoms with Gasteiger partial charge < -0.3 is 0 Å². The van der Waals surface area contributed by atoms with Crippen molar-refractivity contribution in [3.05, 3.63) is 65.7 Å². The van der Waals surface area contributed by atoms with E-state index in [1.165, 1.54) is 17.7 Å². The molecule has 0 unspecified atom stereocenters. The zero-order chi connectivity index (χ0) is 13.7. The van der Waals surface area contributed by atoms with Gasteiger partial charge >= 0.3 is 0 Å². The third kappa shape index (κ3) is 3.91. The van der Waals surface area contributed by atoms with Crippen LogP contribution >= 0.6 is 0 Å². The van der Waals surface area contributed by atoms with Crippen LogP contribution in [0.1, 0.15) is 11.1 Å². The van der Waals surface area contributed by atoms with Crippen LogP contribution in [0.25, 0.3) is 0 Å². The monoisotopic (exact) mass is 276 g/mol. The van der Waals surface area contributed by atoms with Gasteiger partial charge in [-0.15, -0.1) is 0 Å². The molecule has 0 radical (unpaired) electrons. The molecule has 0 aliphatic carbocycles. The Hall–Kier alpha value is -1.65. The molecular formula is C15H16O3S. The minimum Gasteiger partial charge on any atom is -0.266 e. The highest BCUT2D eigenvalue weighted by Crippen LogP contribution is 2.12. The third-order valence-electron chi connectivity index (χ3n) is 2.78. The second-order valence-corrected chi connectivity index (χ2v) is 5.94. The molecular weight excluding hydrogens is 260 g/mol. The molecule has 2 aromatic rings. The normalized spacial score (nSPS) is 11.4. The first kappa shape index (κ1) is 13.8. The Bertz CT molecular complexity index is 616. The molecule has 0 fully saturated rings. The van der Waals surface area contributed by atoms with Crippen molar-refractivity contribution in [2.75, 3.05) is 6.61 Å². The molecule has 0 saturated heterocycles. The number of hydrogen-bond acceptors (Lipinski definition) is 3. The lowest BCUT2D eigenvalue weighted by Crippen LogP contribution is -2.09. The SMILES string of the molecule is Cc1ccc(CCOS(=O)(=O)c2ccccc2)cc1. The summed E-state index contributed by atoms with van der Waals surface area (Å²) in [7, 11) is -3.64. The molecule has 0 aliphatic heterocycles. The summed E-state index contributed by atoms with van der Waals surface area (Å²) < 4.78 is 28.7. The van der Waals surface area contributed by atoms with Gasteiger partial charge in [0.15, 0.2) is 0 Å². The quantitative estimate of drug-likeness (QED) is 0.789. The van der Waals surface area contributed by atoms with Crippen molar-refractivity contribution in [1.29, 1.82) is 0 Å². The minimum absolute atomic E-state index is 0.153. The second-order valence-electron chi connectivity index (χ2n) is 4.32. The molecule has 3 nitrogen and oxygen atoms in total. The van der Waals surface area contributed by atoms with Gasteiger partial charge in [-0.25, -0.2) is 0 Å². The Morgan fingerprint density at radius 2 is 1.58 bits per heavy atom. The van der Waals surface area contributed by atoms with Crippen molar-refractivity contribution in [1.82, 2.24) is 0 Å². The molecule has 4 heteroatoms. The van der Waals surface area contributed by atoms with Crippen LogP contribution in [0, 0.1) is 6.92 Å². The van der Waals surface area contributed by atoms with Gasteiger partial charge in [0.2, 0.25) is 0 Å². The average Bonchev–Trinajstić information content (AvgIpc) is 2.42. The first-order chi connectivity index (χ1) is 9.08. The van der Waals surface area contributed by atoms with Gasteiger partial charge in [-0.3, -0.25) is 4.18 Å². The van der Waals surface area contributed by atoms with Crippen molar-refractivity contribution in [2.24, 2.45) is 0 Å². The molecule has 0 aliphatic rings. The summed E-state index contributed by atoms with van der Waals surface area (Å²) in [6, 6.07) is 16.1. The Kier molecular flexibility index (Phi) is 4.35. The van der Waals surface area contributed by atoms with Crippen LogP contribution in [0.15, 0.2) is 59.5 Å². The van der Waals surface area contributed by atoms with Crippen molar-refractivity contribution >= 4 is 10.1 Å². The molecule has 0 amide bonds. The van der Waals surface area contributed by atoms with Crippen LogP contribution in [0.2, 0.25) is 0 Å². The van der Waals surface area contributed by atoms with Crippen molar-refractivity contribution in [3.63, 3.8) is 0 Å². The van der Waals surface area contributed by atoms with E-state index < -0.39 is 10.1 Å². The summed E-state index contributed by atoms with van der Waals surface area (Å²) >= 11 is 0. The van der Waals surface area contributed by atoms with E-state index in [-0.39, 0.29) is 11.5 Å². The van der Waals surface area contributed by atoms with Gasteiger partial charge in [0.25, 0.3) is 10.1 Å². The number of aryl methyl sites for hydroxylation is 1. The van der Waals surface area contributed by atoms with Gasteiger partial charge in [0, 0.05) is 0 Å². The zero-order valence-electron chi connectivity index (χ0n) is 10.7. The van der Waals surface area contributed by atoms with Crippen LogP contribution in [0.5, 0.6) is 0 Å². The molecule has 100 valence electrons. The molecule has 0 saturated carbocycles. The Morgan fingerprint density at radius 1 is 0.947 bits per heavy atom. The van der Waals surface area contributed by atoms with Gasteiger partial charge in [0.05, 0.1) is 11.5 Å². The van der Waals surface area contributed by atoms with Crippen molar-refractivity contribution in [3.8, 4) is 0 Å². The summed E-state index contributed by atoms with van der Waals surface area (Å²) in [6.45, 7) is 2.17. The van der Waals surface area contributed by atoms with Crippen LogP contribution < -0.4 is 0 Å². The summed E-state index contributed by atoms with van der Waals surface area (Å²) in [5.41, 5.74) is 2.25. The number of benzene rings is 2. The molecule has 0 bridgehead atoms.